The molecule has 0 radical (unpaired) electrons. The molecule has 2 aromatic carbocycles. The van der Waals surface area contributed by atoms with Gasteiger partial charge in [-0.25, -0.2) is 4.98 Å². The minimum Gasteiger partial charge on any atom is -0.369 e. The normalized spacial score (nSPS) is 11.8. The van der Waals surface area contributed by atoms with Crippen molar-refractivity contribution in [3.05, 3.63) is 71.4 Å². The third-order valence-corrected chi connectivity index (χ3v) is 6.16. The number of anilines is 4. The van der Waals surface area contributed by atoms with Gasteiger partial charge in [-0.3, -0.25) is 14.4 Å². The summed E-state index contributed by atoms with van der Waals surface area (Å²) in [5, 5.41) is 12.1. The number of nitrogens with one attached hydrogen (secondary N) is 4. The van der Waals surface area contributed by atoms with Gasteiger partial charge >= 0.3 is 0 Å². The van der Waals surface area contributed by atoms with Crippen molar-refractivity contribution >= 4 is 52.5 Å². The fourth-order valence-electron chi connectivity index (χ4n) is 3.38. The number of rotatable bonds is 13. The van der Waals surface area contributed by atoms with Gasteiger partial charge in [-0.2, -0.15) is 4.98 Å². The van der Waals surface area contributed by atoms with Gasteiger partial charge in [0.2, 0.25) is 23.7 Å². The molecule has 0 spiro atoms. The smallest absolute Gasteiger partial charge is 0.241 e. The van der Waals surface area contributed by atoms with E-state index in [2.05, 4.69) is 31.2 Å². The van der Waals surface area contributed by atoms with Crippen LogP contribution in [-0.2, 0) is 20.8 Å². The van der Waals surface area contributed by atoms with Gasteiger partial charge < -0.3 is 32.7 Å². The van der Waals surface area contributed by atoms with Crippen molar-refractivity contribution in [2.45, 2.75) is 32.7 Å². The van der Waals surface area contributed by atoms with Crippen LogP contribution in [0, 0.1) is 5.41 Å². The molecule has 0 saturated carbocycles. The molecule has 0 fully saturated rings. The quantitative estimate of drug-likeness (QED) is 0.138. The average Bonchev–Trinajstić information content (AvgIpc) is 2.90. The molecule has 206 valence electrons. The third kappa shape index (κ3) is 8.66. The summed E-state index contributed by atoms with van der Waals surface area (Å²) >= 11 is 6.23. The van der Waals surface area contributed by atoms with Crippen LogP contribution in [0.2, 0.25) is 5.02 Å². The number of primary amides is 1. The number of halogens is 1. The lowest BCUT2D eigenvalue weighted by Crippen LogP contribution is -2.46. The van der Waals surface area contributed by atoms with Crippen molar-refractivity contribution < 1.29 is 14.4 Å². The highest BCUT2D eigenvalue weighted by Crippen LogP contribution is 2.23. The minimum atomic E-state index is -1.28. The number of amides is 3. The maximum atomic E-state index is 12.6. The number of hydrogen-bond donors (Lipinski definition) is 6. The first-order chi connectivity index (χ1) is 18.6. The second-order valence-electron chi connectivity index (χ2n) is 9.41. The standard InChI is InChI=1S/C27H33ClN8O3/c1-27(2,24(30)38)25(39)32-13-7-12-31-22-20(28)16-33-26(36-22)35-19-11-6-10-18(15-19)34-23(37)21(29)14-17-8-4-3-5-9-17/h3-6,8-11,15-16,21H,7,12-14,29H2,1-2H3,(H2,30,38)(H,32,39)(H,34,37)(H2,31,33,35,36). The van der Waals surface area contributed by atoms with Crippen LogP contribution in [0.3, 0.4) is 0 Å². The summed E-state index contributed by atoms with van der Waals surface area (Å²) in [5.41, 5.74) is 12.3. The molecular weight excluding hydrogens is 520 g/mol. The Morgan fingerprint density at radius 3 is 2.46 bits per heavy atom. The molecule has 11 nitrogen and oxygen atoms in total. The molecule has 1 unspecified atom stereocenters. The van der Waals surface area contributed by atoms with Crippen molar-refractivity contribution in [2.24, 2.45) is 16.9 Å². The zero-order valence-corrected chi connectivity index (χ0v) is 22.6. The lowest BCUT2D eigenvalue weighted by Gasteiger charge is -2.19. The van der Waals surface area contributed by atoms with Gasteiger partial charge in [0.15, 0.2) is 0 Å². The summed E-state index contributed by atoms with van der Waals surface area (Å²) in [5.74, 6) is -0.708. The molecule has 0 aliphatic heterocycles. The highest BCUT2D eigenvalue weighted by atomic mass is 35.5. The van der Waals surface area contributed by atoms with Crippen LogP contribution in [0.4, 0.5) is 23.1 Å². The van der Waals surface area contributed by atoms with Crippen molar-refractivity contribution in [1.29, 1.82) is 0 Å². The zero-order chi connectivity index (χ0) is 28.4. The predicted octanol–water partition coefficient (Wildman–Crippen LogP) is 2.81. The van der Waals surface area contributed by atoms with E-state index >= 15 is 0 Å². The minimum absolute atomic E-state index is 0.292. The van der Waals surface area contributed by atoms with E-state index in [-0.39, 0.29) is 5.91 Å². The van der Waals surface area contributed by atoms with Crippen molar-refractivity contribution in [1.82, 2.24) is 15.3 Å². The Labute approximate surface area is 232 Å². The summed E-state index contributed by atoms with van der Waals surface area (Å²) in [6.07, 6.45) is 2.44. The molecule has 0 saturated heterocycles. The Morgan fingerprint density at radius 2 is 1.74 bits per heavy atom. The van der Waals surface area contributed by atoms with Crippen LogP contribution < -0.4 is 32.7 Å². The summed E-state index contributed by atoms with van der Waals surface area (Å²) in [6.45, 7) is 3.74. The number of carbonyl (C=O) groups is 3. The third-order valence-electron chi connectivity index (χ3n) is 5.88. The molecule has 3 rings (SSSR count). The Kier molecular flexibility index (Phi) is 10.2. The molecule has 3 amide bonds. The van der Waals surface area contributed by atoms with Gasteiger partial charge in [0.05, 0.1) is 12.2 Å². The van der Waals surface area contributed by atoms with Crippen LogP contribution in [0.1, 0.15) is 25.8 Å². The van der Waals surface area contributed by atoms with Gasteiger partial charge in [-0.1, -0.05) is 48.0 Å². The number of aromatic nitrogens is 2. The molecule has 1 atom stereocenters. The molecular formula is C27H33ClN8O3. The van der Waals surface area contributed by atoms with Crippen LogP contribution in [0.25, 0.3) is 0 Å². The van der Waals surface area contributed by atoms with Crippen molar-refractivity contribution in [3.63, 3.8) is 0 Å². The van der Waals surface area contributed by atoms with E-state index in [1.54, 1.807) is 24.3 Å². The maximum absolute atomic E-state index is 12.6. The predicted molar refractivity (Wildman–Crippen MR) is 153 cm³/mol. The topological polar surface area (TPSA) is 177 Å². The first kappa shape index (κ1) is 29.3. The summed E-state index contributed by atoms with van der Waals surface area (Å²) in [4.78, 5) is 44.7. The van der Waals surface area contributed by atoms with Crippen LogP contribution in [-0.4, -0.2) is 46.8 Å². The average molecular weight is 553 g/mol. The summed E-state index contributed by atoms with van der Waals surface area (Å²) < 4.78 is 0. The van der Waals surface area contributed by atoms with Crippen LogP contribution >= 0.6 is 11.6 Å². The largest absolute Gasteiger partial charge is 0.369 e. The monoisotopic (exact) mass is 552 g/mol. The number of nitrogens with two attached hydrogens (primary N) is 2. The lowest BCUT2D eigenvalue weighted by atomic mass is 9.91. The van der Waals surface area contributed by atoms with Gasteiger partial charge in [0.1, 0.15) is 16.3 Å². The zero-order valence-electron chi connectivity index (χ0n) is 21.8. The number of nitrogens with zero attached hydrogens (tertiary/aromatic N) is 2. The number of hydrogen-bond acceptors (Lipinski definition) is 8. The number of benzene rings is 2. The summed E-state index contributed by atoms with van der Waals surface area (Å²) in [6, 6.07) is 16.0. The SMILES string of the molecule is CC(C)(C(N)=O)C(=O)NCCCNc1nc(Nc2cccc(NC(=O)C(N)Cc3ccccc3)c2)ncc1Cl. The molecule has 39 heavy (non-hydrogen) atoms. The fourth-order valence-corrected chi connectivity index (χ4v) is 3.54. The van der Waals surface area contributed by atoms with E-state index in [1.165, 1.54) is 20.0 Å². The van der Waals surface area contributed by atoms with Crippen LogP contribution in [0.5, 0.6) is 0 Å². The molecule has 1 heterocycles. The second kappa shape index (κ2) is 13.5. The highest BCUT2D eigenvalue weighted by Gasteiger charge is 2.33. The van der Waals surface area contributed by atoms with Crippen LogP contribution in [0.15, 0.2) is 60.8 Å². The van der Waals surface area contributed by atoms with Gasteiger partial charge in [-0.05, 0) is 50.5 Å². The molecule has 0 aliphatic rings. The maximum Gasteiger partial charge on any atom is 0.241 e. The Balaban J connectivity index is 1.52. The summed E-state index contributed by atoms with van der Waals surface area (Å²) in [7, 11) is 0. The second-order valence-corrected chi connectivity index (χ2v) is 9.81. The van der Waals surface area contributed by atoms with E-state index in [9.17, 15) is 14.4 Å². The van der Waals surface area contributed by atoms with Gasteiger partial charge in [-0.15, -0.1) is 0 Å². The van der Waals surface area contributed by atoms with E-state index in [0.717, 1.165) is 5.56 Å². The van der Waals surface area contributed by atoms with Crippen molar-refractivity contribution in [2.75, 3.05) is 29.0 Å². The van der Waals surface area contributed by atoms with Gasteiger partial charge in [0, 0.05) is 24.5 Å². The Hall–Kier alpha value is -4.22. The molecule has 8 N–H and O–H groups in total. The lowest BCUT2D eigenvalue weighted by molar-refractivity contribution is -0.139. The molecule has 0 aliphatic carbocycles. The van der Waals surface area contributed by atoms with E-state index in [4.69, 9.17) is 23.1 Å². The molecule has 12 heteroatoms. The molecule has 0 bridgehead atoms. The Bertz CT molecular complexity index is 1300. The fraction of sp³-hybridized carbons (Fsp3) is 0.296. The number of carbonyl (C=O) groups excluding carboxylic acids is 3. The molecule has 1 aromatic heterocycles. The van der Waals surface area contributed by atoms with E-state index in [1.807, 2.05) is 30.3 Å². The Morgan fingerprint density at radius 1 is 1.03 bits per heavy atom. The van der Waals surface area contributed by atoms with Gasteiger partial charge in [0.25, 0.3) is 0 Å². The highest BCUT2D eigenvalue weighted by molar-refractivity contribution is 6.32. The van der Waals surface area contributed by atoms with E-state index in [0.29, 0.717) is 54.1 Å². The van der Waals surface area contributed by atoms with E-state index < -0.39 is 23.3 Å². The first-order valence-corrected chi connectivity index (χ1v) is 12.8. The molecule has 3 aromatic rings. The first-order valence-electron chi connectivity index (χ1n) is 12.4. The van der Waals surface area contributed by atoms with Crippen molar-refractivity contribution in [3.8, 4) is 0 Å².